The van der Waals surface area contributed by atoms with E-state index in [1.807, 2.05) is 6.07 Å². The van der Waals surface area contributed by atoms with Gasteiger partial charge in [0.05, 0.1) is 64.4 Å². The van der Waals surface area contributed by atoms with E-state index >= 15 is 0 Å². The number of morpholine rings is 1. The molecule has 0 aromatic carbocycles. The quantitative estimate of drug-likeness (QED) is 0.0293. The van der Waals surface area contributed by atoms with Gasteiger partial charge in [-0.3, -0.25) is 67.4 Å². The number of nitrogens with one attached hydrogen (secondary N) is 7. The van der Waals surface area contributed by atoms with Crippen LogP contribution in [0.5, 0.6) is 0 Å². The van der Waals surface area contributed by atoms with Crippen LogP contribution >= 0.6 is 0 Å². The summed E-state index contributed by atoms with van der Waals surface area (Å²) in [4.78, 5) is 183. The number of hydrogen-bond acceptors (Lipinski definition) is 18. The molecule has 1 saturated heterocycles. The molecule has 0 radical (unpaired) electrons. The van der Waals surface area contributed by atoms with Crippen LogP contribution in [0, 0.1) is 11.8 Å². The molecule has 8 amide bonds. The van der Waals surface area contributed by atoms with Crippen molar-refractivity contribution in [2.45, 2.75) is 160 Å². The van der Waals surface area contributed by atoms with Crippen LogP contribution in [0.3, 0.4) is 0 Å². The van der Waals surface area contributed by atoms with Crippen molar-refractivity contribution >= 4 is 103 Å². The van der Waals surface area contributed by atoms with E-state index in [4.69, 9.17) is 14.9 Å². The summed E-state index contributed by atoms with van der Waals surface area (Å²) in [6.07, 6.45) is 7.15. The fraction of sp³-hybridized carbons (Fsp3) is 0.710. The number of rotatable bonds is 51. The summed E-state index contributed by atoms with van der Waals surface area (Å²) in [7, 11) is 0. The first-order valence-electron chi connectivity index (χ1n) is 32.6. The summed E-state index contributed by atoms with van der Waals surface area (Å²) in [6.45, 7) is 0.120. The maximum atomic E-state index is 14.4. The van der Waals surface area contributed by atoms with Gasteiger partial charge in [-0.25, -0.2) is 4.79 Å². The Hall–Kier alpha value is -7.11. The van der Waals surface area contributed by atoms with Gasteiger partial charge in [-0.15, -0.1) is 0 Å². The van der Waals surface area contributed by atoms with Crippen LogP contribution in [0.2, 0.25) is 0 Å². The average Bonchev–Trinajstić information content (AvgIpc) is 1.78. The molecule has 31 nitrogen and oxygen atoms in total. The van der Waals surface area contributed by atoms with Gasteiger partial charge in [-0.05, 0) is 44.4 Å². The Labute approximate surface area is 557 Å². The fourth-order valence-electron chi connectivity index (χ4n) is 10.9. The minimum absolute atomic E-state index is 0.0163. The van der Waals surface area contributed by atoms with Crippen molar-refractivity contribution < 1.29 is 97.4 Å². The molecular formula is C62H99N11O20Te. The molecule has 1 aliphatic heterocycles. The predicted octanol–water partition coefficient (Wildman–Crippen LogP) is -0.334. The molecule has 528 valence electrons. The van der Waals surface area contributed by atoms with E-state index in [1.54, 1.807) is 11.8 Å². The van der Waals surface area contributed by atoms with Crippen molar-refractivity contribution in [3.63, 3.8) is 0 Å². The Morgan fingerprint density at radius 2 is 1.10 bits per heavy atom. The first-order valence-corrected chi connectivity index (χ1v) is 35.1. The van der Waals surface area contributed by atoms with Crippen LogP contribution in [-0.4, -0.2) is 278 Å². The average molecular weight is 1450 g/mol. The number of aliphatic carboxylic acids is 5. The number of carboxylic acid groups (broad SMARTS) is 5. The number of carbonyl (C=O) groups excluding carboxylic acids is 9. The van der Waals surface area contributed by atoms with Crippen molar-refractivity contribution in [2.24, 2.45) is 11.8 Å². The molecule has 2 fully saturated rings. The zero-order valence-corrected chi connectivity index (χ0v) is 56.4. The summed E-state index contributed by atoms with van der Waals surface area (Å²) in [5.74, 6) is -10.2. The summed E-state index contributed by atoms with van der Waals surface area (Å²) in [6, 6.07) is 0.0345. The normalized spacial score (nSPS) is 14.6. The summed E-state index contributed by atoms with van der Waals surface area (Å²) >= 11 is -0.320. The standard InChI is InChI=1S/C62H99N11O20Te/c1-2-51(76)67-48(16-7-9-23-63-52(77)20-18-45-14-11-35-94-45)61(91)65-26-22-47(68-60(90)44(36-43-12-4-3-5-13-43)37-54(79)73-31-33-93-34-32-73)49(74)17-10-25-66-62(92)69-46(50(75)19-21-55(80)81)15-6-8-24-64-53(78)38-71(40-57(84)85)29-27-70(39-56(82)83)28-30-72(41-58(86)87)42-59(88)89/h11,14,35,43-44,46-48H,2-10,12-13,15-34,36-42H2,1H3,(H,63,77)(H,64,78)(H,65,91)(H,67,76)(H,68,90)(H,80,81)(H,82,83)(H,84,85)(H,86,87)(H,88,89)(H2,66,69,92). The third-order valence-corrected chi connectivity index (χ3v) is 18.7. The number of urea groups is 1. The summed E-state index contributed by atoms with van der Waals surface area (Å²) < 4.78 is 8.92. The van der Waals surface area contributed by atoms with E-state index in [0.717, 1.165) is 43.4 Å². The van der Waals surface area contributed by atoms with Gasteiger partial charge in [-0.1, -0.05) is 39.0 Å². The predicted molar refractivity (Wildman–Crippen MR) is 340 cm³/mol. The molecule has 1 saturated carbocycles. The molecule has 1 aliphatic carbocycles. The van der Waals surface area contributed by atoms with E-state index in [2.05, 4.69) is 47.4 Å². The van der Waals surface area contributed by atoms with E-state index in [9.17, 15) is 82.4 Å². The second kappa shape index (κ2) is 46.9. The minimum Gasteiger partial charge on any atom is -0.481 e. The number of amides is 8. The molecule has 32 heteroatoms. The molecule has 0 bridgehead atoms. The van der Waals surface area contributed by atoms with Crippen molar-refractivity contribution in [1.29, 1.82) is 0 Å². The van der Waals surface area contributed by atoms with Crippen LogP contribution < -0.4 is 37.2 Å². The van der Waals surface area contributed by atoms with Crippen LogP contribution in [0.15, 0.2) is 16.2 Å². The third kappa shape index (κ3) is 37.1. The molecule has 12 N–H and O–H groups in total. The van der Waals surface area contributed by atoms with Gasteiger partial charge in [0.1, 0.15) is 0 Å². The molecule has 2 heterocycles. The molecule has 2 aliphatic rings. The number of aryl methyl sites for hydroxylation is 1. The summed E-state index contributed by atoms with van der Waals surface area (Å²) in [5.41, 5.74) is 0. The molecule has 3 rings (SSSR count). The summed E-state index contributed by atoms with van der Waals surface area (Å²) in [5, 5.41) is 65.8. The van der Waals surface area contributed by atoms with Gasteiger partial charge >= 0.3 is 164 Å². The Balaban J connectivity index is 1.64. The first-order chi connectivity index (χ1) is 44.9. The number of nitrogens with zero attached hydrogens (tertiary/aromatic N) is 4. The number of hydrogen-bond donors (Lipinski definition) is 12. The van der Waals surface area contributed by atoms with Gasteiger partial charge in [0.25, 0.3) is 0 Å². The topological polar surface area (TPSA) is 447 Å². The smallest absolute Gasteiger partial charge is 0.481 e. The van der Waals surface area contributed by atoms with Crippen molar-refractivity contribution in [3.8, 4) is 0 Å². The van der Waals surface area contributed by atoms with Crippen LogP contribution in [0.25, 0.3) is 0 Å². The fourth-order valence-corrected chi connectivity index (χ4v) is 13.0. The van der Waals surface area contributed by atoms with E-state index in [0.29, 0.717) is 58.5 Å². The Kier molecular flexibility index (Phi) is 40.5. The number of carbonyl (C=O) groups is 14. The van der Waals surface area contributed by atoms with Crippen LogP contribution in [0.1, 0.15) is 139 Å². The van der Waals surface area contributed by atoms with Gasteiger partial charge < -0.3 is 56.4 Å². The van der Waals surface area contributed by atoms with Crippen molar-refractivity contribution in [2.75, 3.05) is 111 Å². The molecular weight excluding hydrogens is 1350 g/mol. The monoisotopic (exact) mass is 1450 g/mol. The number of carboxylic acids is 5. The second-order valence-corrected chi connectivity index (χ2v) is 26.6. The molecule has 94 heavy (non-hydrogen) atoms. The Bertz CT molecular complexity index is 2590. The molecule has 1 aromatic rings. The van der Waals surface area contributed by atoms with E-state index in [1.165, 1.54) is 13.4 Å². The molecule has 4 unspecified atom stereocenters. The van der Waals surface area contributed by atoms with Gasteiger partial charge in [0, 0.05) is 90.5 Å². The Morgan fingerprint density at radius 1 is 0.543 bits per heavy atom. The maximum absolute atomic E-state index is 14.4. The minimum atomic E-state index is -1.30. The van der Waals surface area contributed by atoms with Crippen LogP contribution in [0.4, 0.5) is 4.79 Å². The molecule has 0 spiro atoms. The SMILES string of the molecule is CCC(=O)NC(CCCCNC(=O)CCc1ccc[te]1)C(=O)NCCC(NC(=O)C(CC(=O)N1CCOCC1)CC1CCCCC1)C(=O)CCCNC(=O)NC(CCCCNC(=O)CN(CCN(CCN(CC(=O)O)CC(=O)O)CC(=O)O)CC(=O)O)C(=O)CCC(=O)O. The molecule has 4 atom stereocenters. The van der Waals surface area contributed by atoms with Gasteiger partial charge in [0.15, 0.2) is 11.6 Å². The van der Waals surface area contributed by atoms with Crippen molar-refractivity contribution in [1.82, 2.24) is 56.8 Å². The van der Waals surface area contributed by atoms with Crippen LogP contribution in [-0.2, 0) is 73.5 Å². The zero-order chi connectivity index (χ0) is 69.2. The number of ketones is 2. The van der Waals surface area contributed by atoms with Gasteiger partial charge in [-0.2, -0.15) is 0 Å². The van der Waals surface area contributed by atoms with Gasteiger partial charge in [0.2, 0.25) is 17.7 Å². The third-order valence-electron chi connectivity index (χ3n) is 16.0. The zero-order valence-electron chi connectivity index (χ0n) is 54.0. The number of ether oxygens (including phenoxy) is 1. The number of Topliss-reactive ketones (excluding diaryl/α,β-unsaturated/α-hetero) is 2. The molecule has 1 aromatic heterocycles. The second-order valence-electron chi connectivity index (χ2n) is 23.7. The van der Waals surface area contributed by atoms with E-state index < -0.39 is 135 Å². The first kappa shape index (κ1) is 81.1. The van der Waals surface area contributed by atoms with Crippen molar-refractivity contribution in [3.05, 3.63) is 19.8 Å². The van der Waals surface area contributed by atoms with E-state index in [-0.39, 0.29) is 148 Å². The number of unbranched alkanes of at least 4 members (excludes halogenated alkanes) is 2. The Morgan fingerprint density at radius 3 is 1.68 bits per heavy atom.